The lowest BCUT2D eigenvalue weighted by Crippen LogP contribution is -2.16. The fourth-order valence-electron chi connectivity index (χ4n) is 2.66. The van der Waals surface area contributed by atoms with Gasteiger partial charge in [-0.1, -0.05) is 48.2 Å². The van der Waals surface area contributed by atoms with Gasteiger partial charge in [0.15, 0.2) is 11.5 Å². The van der Waals surface area contributed by atoms with Crippen LogP contribution in [0.5, 0.6) is 11.5 Å². The van der Waals surface area contributed by atoms with Gasteiger partial charge in [-0.15, -0.1) is 17.5 Å². The largest absolute Gasteiger partial charge is 0.493 e. The van der Waals surface area contributed by atoms with E-state index in [4.69, 9.17) is 9.47 Å². The molecule has 0 bridgehead atoms. The number of halogens is 1. The standard InChI is InChI=1S/C20H25N5O2S.ClH/c1-25-20(22-23-24-25)28-13-11-21-15-17-8-9-18(19(14-17)26-2)27-12-10-16-6-4-3-5-7-16;/h3-9,14,21H,10-13,15H2,1-2H3;1H. The van der Waals surface area contributed by atoms with Crippen molar-refractivity contribution in [2.24, 2.45) is 7.05 Å². The predicted molar refractivity (Wildman–Crippen MR) is 117 cm³/mol. The molecule has 0 spiro atoms. The molecule has 29 heavy (non-hydrogen) atoms. The van der Waals surface area contributed by atoms with Crippen molar-refractivity contribution in [2.75, 3.05) is 26.0 Å². The van der Waals surface area contributed by atoms with Crippen molar-refractivity contribution >= 4 is 24.2 Å². The van der Waals surface area contributed by atoms with Crippen molar-refractivity contribution in [3.8, 4) is 11.5 Å². The molecule has 7 nitrogen and oxygen atoms in total. The van der Waals surface area contributed by atoms with Gasteiger partial charge < -0.3 is 14.8 Å². The summed E-state index contributed by atoms with van der Waals surface area (Å²) in [5, 5.41) is 15.6. The number of thioether (sulfide) groups is 1. The zero-order chi connectivity index (χ0) is 19.6. The normalized spacial score (nSPS) is 10.4. The number of aromatic nitrogens is 4. The second-order valence-corrected chi connectivity index (χ2v) is 7.24. The van der Waals surface area contributed by atoms with Crippen LogP contribution in [0, 0.1) is 0 Å². The maximum Gasteiger partial charge on any atom is 0.209 e. The lowest BCUT2D eigenvalue weighted by Gasteiger charge is -2.13. The van der Waals surface area contributed by atoms with Crippen LogP contribution in [0.25, 0.3) is 0 Å². The summed E-state index contributed by atoms with van der Waals surface area (Å²) >= 11 is 1.63. The average molecular weight is 436 g/mol. The van der Waals surface area contributed by atoms with E-state index < -0.39 is 0 Å². The van der Waals surface area contributed by atoms with Crippen LogP contribution < -0.4 is 14.8 Å². The SMILES string of the molecule is COc1cc(CNCCSc2nnnn2C)ccc1OCCc1ccccc1.Cl. The van der Waals surface area contributed by atoms with Crippen molar-refractivity contribution in [1.82, 2.24) is 25.5 Å². The highest BCUT2D eigenvalue weighted by Gasteiger charge is 2.07. The first-order valence-corrected chi connectivity index (χ1v) is 10.1. The molecule has 0 aliphatic carbocycles. The molecule has 156 valence electrons. The summed E-state index contributed by atoms with van der Waals surface area (Å²) in [7, 11) is 3.51. The smallest absolute Gasteiger partial charge is 0.209 e. The number of hydrogen-bond donors (Lipinski definition) is 1. The topological polar surface area (TPSA) is 74.1 Å². The maximum atomic E-state index is 5.91. The number of tetrazole rings is 1. The van der Waals surface area contributed by atoms with Crippen molar-refractivity contribution in [3.05, 3.63) is 59.7 Å². The molecule has 1 N–H and O–H groups in total. The number of hydrogen-bond acceptors (Lipinski definition) is 7. The average Bonchev–Trinajstić information content (AvgIpc) is 3.14. The summed E-state index contributed by atoms with van der Waals surface area (Å²) in [4.78, 5) is 0. The van der Waals surface area contributed by atoms with E-state index in [0.717, 1.165) is 47.5 Å². The van der Waals surface area contributed by atoms with E-state index in [1.54, 1.807) is 23.6 Å². The first-order chi connectivity index (χ1) is 13.8. The number of nitrogens with zero attached hydrogens (tertiary/aromatic N) is 4. The Kier molecular flexibility index (Phi) is 9.76. The third-order valence-corrected chi connectivity index (χ3v) is 5.15. The van der Waals surface area contributed by atoms with Gasteiger partial charge in [-0.25, -0.2) is 4.68 Å². The van der Waals surface area contributed by atoms with Crippen LogP contribution in [0.15, 0.2) is 53.7 Å². The molecule has 2 aromatic carbocycles. The maximum absolute atomic E-state index is 5.91. The molecule has 0 fully saturated rings. The molecule has 1 heterocycles. The molecule has 9 heteroatoms. The summed E-state index contributed by atoms with van der Waals surface area (Å²) in [6.07, 6.45) is 0.867. The Labute approximate surface area is 181 Å². The fraction of sp³-hybridized carbons (Fsp3) is 0.350. The Morgan fingerprint density at radius 2 is 1.90 bits per heavy atom. The molecule has 0 aliphatic rings. The quantitative estimate of drug-likeness (QED) is 0.366. The Bertz CT molecular complexity index is 863. The summed E-state index contributed by atoms with van der Waals surface area (Å²) in [6, 6.07) is 16.4. The van der Waals surface area contributed by atoms with Crippen LogP contribution >= 0.6 is 24.2 Å². The molecule has 3 aromatic rings. The highest BCUT2D eigenvalue weighted by molar-refractivity contribution is 7.99. The third kappa shape index (κ3) is 7.23. The van der Waals surface area contributed by atoms with Crippen LogP contribution in [0.1, 0.15) is 11.1 Å². The molecule has 0 amide bonds. The van der Waals surface area contributed by atoms with Crippen LogP contribution in [-0.4, -0.2) is 46.2 Å². The van der Waals surface area contributed by atoms with E-state index >= 15 is 0 Å². The molecule has 0 unspecified atom stereocenters. The Balaban J connectivity index is 0.00000300. The second kappa shape index (κ2) is 12.3. The van der Waals surface area contributed by atoms with Gasteiger partial charge in [0.2, 0.25) is 5.16 Å². The van der Waals surface area contributed by atoms with Crippen molar-refractivity contribution < 1.29 is 9.47 Å². The molecule has 0 saturated carbocycles. The van der Waals surface area contributed by atoms with Crippen molar-refractivity contribution in [3.63, 3.8) is 0 Å². The first-order valence-electron chi connectivity index (χ1n) is 9.16. The lowest BCUT2D eigenvalue weighted by molar-refractivity contribution is 0.297. The number of methoxy groups -OCH3 is 1. The first kappa shape index (κ1) is 23.0. The summed E-state index contributed by atoms with van der Waals surface area (Å²) in [5.74, 6) is 2.42. The van der Waals surface area contributed by atoms with Crippen LogP contribution in [-0.2, 0) is 20.0 Å². The molecular formula is C20H26ClN5O2S. The second-order valence-electron chi connectivity index (χ2n) is 6.18. The zero-order valence-electron chi connectivity index (χ0n) is 16.6. The van der Waals surface area contributed by atoms with Crippen LogP contribution in [0.3, 0.4) is 0 Å². The summed E-state index contributed by atoms with van der Waals surface area (Å²) in [5.41, 5.74) is 2.41. The van der Waals surface area contributed by atoms with E-state index in [2.05, 4.69) is 39.0 Å². The van der Waals surface area contributed by atoms with Gasteiger partial charge in [0, 0.05) is 32.3 Å². The number of aryl methyl sites for hydroxylation is 1. The lowest BCUT2D eigenvalue weighted by atomic mass is 10.1. The van der Waals surface area contributed by atoms with Gasteiger partial charge >= 0.3 is 0 Å². The summed E-state index contributed by atoms with van der Waals surface area (Å²) in [6.45, 7) is 2.24. The van der Waals surface area contributed by atoms with E-state index in [-0.39, 0.29) is 12.4 Å². The Morgan fingerprint density at radius 3 is 2.62 bits per heavy atom. The minimum Gasteiger partial charge on any atom is -0.493 e. The minimum atomic E-state index is 0. The number of ether oxygens (including phenoxy) is 2. The predicted octanol–water partition coefficient (Wildman–Crippen LogP) is 3.14. The van der Waals surface area contributed by atoms with E-state index in [1.807, 2.05) is 37.4 Å². The Morgan fingerprint density at radius 1 is 1.07 bits per heavy atom. The molecule has 0 radical (unpaired) electrons. The molecule has 0 atom stereocenters. The van der Waals surface area contributed by atoms with Crippen molar-refractivity contribution in [1.29, 1.82) is 0 Å². The monoisotopic (exact) mass is 435 g/mol. The number of benzene rings is 2. The van der Waals surface area contributed by atoms with Gasteiger partial charge in [-0.3, -0.25) is 0 Å². The van der Waals surface area contributed by atoms with E-state index in [0.29, 0.717) is 6.61 Å². The fourth-order valence-corrected chi connectivity index (χ4v) is 3.40. The van der Waals surface area contributed by atoms with Gasteiger partial charge in [0.05, 0.1) is 13.7 Å². The van der Waals surface area contributed by atoms with Crippen molar-refractivity contribution in [2.45, 2.75) is 18.1 Å². The summed E-state index contributed by atoms with van der Waals surface area (Å²) < 4.78 is 13.1. The third-order valence-electron chi connectivity index (χ3n) is 4.14. The van der Waals surface area contributed by atoms with Gasteiger partial charge in [0.1, 0.15) is 0 Å². The minimum absolute atomic E-state index is 0. The highest BCUT2D eigenvalue weighted by atomic mass is 35.5. The van der Waals surface area contributed by atoms with Gasteiger partial charge in [-0.05, 0) is 33.7 Å². The Hall–Kier alpha value is -2.29. The highest BCUT2D eigenvalue weighted by Crippen LogP contribution is 2.28. The van der Waals surface area contributed by atoms with Gasteiger partial charge in [0.25, 0.3) is 0 Å². The number of nitrogens with one attached hydrogen (secondary N) is 1. The molecule has 0 aliphatic heterocycles. The van der Waals surface area contributed by atoms with E-state index in [9.17, 15) is 0 Å². The molecule has 0 saturated heterocycles. The zero-order valence-corrected chi connectivity index (χ0v) is 18.2. The van der Waals surface area contributed by atoms with Crippen LogP contribution in [0.4, 0.5) is 0 Å². The van der Waals surface area contributed by atoms with E-state index in [1.165, 1.54) is 5.56 Å². The number of rotatable bonds is 11. The molecular weight excluding hydrogens is 410 g/mol. The molecule has 3 rings (SSSR count). The van der Waals surface area contributed by atoms with Gasteiger partial charge in [-0.2, -0.15) is 0 Å². The van der Waals surface area contributed by atoms with Crippen LogP contribution in [0.2, 0.25) is 0 Å². The molecule has 1 aromatic heterocycles.